The van der Waals surface area contributed by atoms with Crippen molar-refractivity contribution in [2.75, 3.05) is 7.11 Å². The van der Waals surface area contributed by atoms with Gasteiger partial charge in [-0.25, -0.2) is 9.78 Å². The van der Waals surface area contributed by atoms with E-state index in [0.717, 1.165) is 0 Å². The van der Waals surface area contributed by atoms with Crippen LogP contribution in [-0.2, 0) is 11.3 Å². The number of ether oxygens (including phenoxy) is 3. The summed E-state index contributed by atoms with van der Waals surface area (Å²) < 4.78 is 41.0. The van der Waals surface area contributed by atoms with E-state index in [2.05, 4.69) is 9.72 Å². The molecule has 0 aliphatic rings. The number of hydrogen-bond donors (Lipinski definition) is 0. The first-order valence-corrected chi connectivity index (χ1v) is 9.82. The predicted octanol–water partition coefficient (Wildman–Crippen LogP) is 4.35. The van der Waals surface area contributed by atoms with Gasteiger partial charge in [-0.2, -0.15) is 8.78 Å². The molecule has 0 saturated carbocycles. The summed E-state index contributed by atoms with van der Waals surface area (Å²) in [5.74, 6) is -0.600. The van der Waals surface area contributed by atoms with E-state index < -0.39 is 12.6 Å². The number of esters is 1. The van der Waals surface area contributed by atoms with Crippen molar-refractivity contribution in [3.63, 3.8) is 0 Å². The Morgan fingerprint density at radius 3 is 2.52 bits per heavy atom. The number of nitrogens with zero attached hydrogens (tertiary/aromatic N) is 2. The third kappa shape index (κ3) is 4.82. The van der Waals surface area contributed by atoms with Gasteiger partial charge in [-0.1, -0.05) is 18.2 Å². The molecule has 4 rings (SSSR count). The van der Waals surface area contributed by atoms with Crippen molar-refractivity contribution in [3.8, 4) is 17.2 Å². The Bertz CT molecular complexity index is 1350. The molecule has 0 fully saturated rings. The van der Waals surface area contributed by atoms with E-state index in [1.54, 1.807) is 48.5 Å². The third-order valence-corrected chi connectivity index (χ3v) is 4.86. The molecule has 1 heterocycles. The maximum absolute atomic E-state index is 12.7. The minimum absolute atomic E-state index is 0.0973. The largest absolute Gasteiger partial charge is 0.493 e. The van der Waals surface area contributed by atoms with E-state index in [0.29, 0.717) is 22.2 Å². The second-order valence-corrected chi connectivity index (χ2v) is 6.92. The smallest absolute Gasteiger partial charge is 0.387 e. The number of methoxy groups -OCH3 is 1. The molecule has 3 aromatic carbocycles. The van der Waals surface area contributed by atoms with Gasteiger partial charge in [0.1, 0.15) is 12.9 Å². The molecule has 0 amide bonds. The van der Waals surface area contributed by atoms with Gasteiger partial charge in [0, 0.05) is 0 Å². The van der Waals surface area contributed by atoms with Gasteiger partial charge in [0.2, 0.25) is 0 Å². The third-order valence-electron chi connectivity index (χ3n) is 4.86. The number of carbonyl (C=O) groups is 1. The Morgan fingerprint density at radius 1 is 1.03 bits per heavy atom. The minimum atomic E-state index is -2.98. The highest BCUT2D eigenvalue weighted by Crippen LogP contribution is 2.29. The van der Waals surface area contributed by atoms with Crippen LogP contribution in [0.5, 0.6) is 11.5 Å². The molecule has 33 heavy (non-hydrogen) atoms. The molecule has 168 valence electrons. The molecule has 0 bridgehead atoms. The van der Waals surface area contributed by atoms with Gasteiger partial charge in [-0.3, -0.25) is 9.36 Å². The van der Waals surface area contributed by atoms with Crippen LogP contribution in [0, 0.1) is 0 Å². The van der Waals surface area contributed by atoms with E-state index in [9.17, 15) is 18.4 Å². The van der Waals surface area contributed by atoms with E-state index in [1.807, 2.05) is 0 Å². The molecule has 4 aromatic rings. The van der Waals surface area contributed by atoms with Gasteiger partial charge >= 0.3 is 12.6 Å². The highest BCUT2D eigenvalue weighted by Gasteiger charge is 2.13. The molecule has 0 spiro atoms. The minimum Gasteiger partial charge on any atom is -0.493 e. The first-order chi connectivity index (χ1) is 16.0. The summed E-state index contributed by atoms with van der Waals surface area (Å²) in [4.78, 5) is 29.4. The van der Waals surface area contributed by atoms with Crippen LogP contribution in [0.1, 0.15) is 15.9 Å². The number of hydrogen-bond acceptors (Lipinski definition) is 6. The second kappa shape index (κ2) is 9.47. The van der Waals surface area contributed by atoms with Gasteiger partial charge in [-0.15, -0.1) is 0 Å². The quantitative estimate of drug-likeness (QED) is 0.388. The fourth-order valence-corrected chi connectivity index (χ4v) is 3.24. The van der Waals surface area contributed by atoms with Crippen molar-refractivity contribution in [2.24, 2.45) is 0 Å². The molecule has 9 heteroatoms. The molecule has 7 nitrogen and oxygen atoms in total. The van der Waals surface area contributed by atoms with E-state index in [-0.39, 0.29) is 29.2 Å². The van der Waals surface area contributed by atoms with E-state index in [4.69, 9.17) is 9.47 Å². The SMILES string of the molecule is COc1cc(COC(=O)c2ccc(-n3cnc4ccccc4c3=O)cc2)ccc1OC(F)F. The number of fused-ring (bicyclic) bond motifs is 1. The zero-order valence-corrected chi connectivity index (χ0v) is 17.4. The number of carbonyl (C=O) groups excluding carboxylic acids is 1. The lowest BCUT2D eigenvalue weighted by molar-refractivity contribution is -0.0512. The molecule has 0 saturated heterocycles. The summed E-state index contributed by atoms with van der Waals surface area (Å²) in [5.41, 5.74) is 1.75. The second-order valence-electron chi connectivity index (χ2n) is 6.92. The Labute approximate surface area is 186 Å². The molecular formula is C24H18F2N2O5. The van der Waals surface area contributed by atoms with Crippen LogP contribution in [-0.4, -0.2) is 29.2 Å². The number of halogens is 2. The van der Waals surface area contributed by atoms with Crippen molar-refractivity contribution in [3.05, 3.63) is 94.5 Å². The molecular weight excluding hydrogens is 434 g/mol. The number of para-hydroxylation sites is 1. The van der Waals surface area contributed by atoms with E-state index in [1.165, 1.54) is 36.2 Å². The Kier molecular flexibility index (Phi) is 6.30. The molecule has 0 atom stereocenters. The summed E-state index contributed by atoms with van der Waals surface area (Å²) in [6.07, 6.45) is 1.44. The van der Waals surface area contributed by atoms with Gasteiger partial charge < -0.3 is 14.2 Å². The molecule has 0 radical (unpaired) electrons. The molecule has 1 aromatic heterocycles. The van der Waals surface area contributed by atoms with Gasteiger partial charge in [0.15, 0.2) is 11.5 Å². The average Bonchev–Trinajstić information content (AvgIpc) is 2.83. The number of alkyl halides is 2. The van der Waals surface area contributed by atoms with Crippen LogP contribution in [0.4, 0.5) is 8.78 Å². The highest BCUT2D eigenvalue weighted by molar-refractivity contribution is 5.89. The van der Waals surface area contributed by atoms with Crippen LogP contribution < -0.4 is 15.0 Å². The van der Waals surface area contributed by atoms with Gasteiger partial charge in [-0.05, 0) is 54.1 Å². The number of aromatic nitrogens is 2. The predicted molar refractivity (Wildman–Crippen MR) is 116 cm³/mol. The molecule has 0 aliphatic carbocycles. The summed E-state index contributed by atoms with van der Waals surface area (Å²) >= 11 is 0. The summed E-state index contributed by atoms with van der Waals surface area (Å²) in [6, 6.07) is 17.6. The zero-order valence-electron chi connectivity index (χ0n) is 17.4. The summed E-state index contributed by atoms with van der Waals surface area (Å²) in [6.45, 7) is -3.08. The van der Waals surface area contributed by atoms with Gasteiger partial charge in [0.05, 0.1) is 29.3 Å². The Balaban J connectivity index is 1.46. The maximum atomic E-state index is 12.7. The van der Waals surface area contributed by atoms with Crippen LogP contribution in [0.15, 0.2) is 77.9 Å². The van der Waals surface area contributed by atoms with Crippen molar-refractivity contribution in [2.45, 2.75) is 13.2 Å². The Hall–Kier alpha value is -4.27. The van der Waals surface area contributed by atoms with Crippen molar-refractivity contribution < 1.29 is 27.8 Å². The lowest BCUT2D eigenvalue weighted by Crippen LogP contribution is -2.18. The van der Waals surface area contributed by atoms with Crippen LogP contribution in [0.2, 0.25) is 0 Å². The van der Waals surface area contributed by atoms with Crippen molar-refractivity contribution in [1.82, 2.24) is 9.55 Å². The monoisotopic (exact) mass is 452 g/mol. The lowest BCUT2D eigenvalue weighted by Gasteiger charge is -2.12. The Morgan fingerprint density at radius 2 is 1.79 bits per heavy atom. The van der Waals surface area contributed by atoms with Crippen molar-refractivity contribution in [1.29, 1.82) is 0 Å². The molecule has 0 aliphatic heterocycles. The van der Waals surface area contributed by atoms with Gasteiger partial charge in [0.25, 0.3) is 5.56 Å². The molecule has 0 N–H and O–H groups in total. The summed E-state index contributed by atoms with van der Waals surface area (Å²) in [5, 5.41) is 0.490. The topological polar surface area (TPSA) is 79.7 Å². The number of benzene rings is 3. The number of rotatable bonds is 7. The van der Waals surface area contributed by atoms with Crippen LogP contribution >= 0.6 is 0 Å². The zero-order chi connectivity index (χ0) is 23.4. The molecule has 0 unspecified atom stereocenters. The normalized spacial score (nSPS) is 10.9. The van der Waals surface area contributed by atoms with Crippen LogP contribution in [0.3, 0.4) is 0 Å². The lowest BCUT2D eigenvalue weighted by atomic mass is 10.2. The fraction of sp³-hybridized carbons (Fsp3) is 0.125. The first kappa shape index (κ1) is 21.9. The first-order valence-electron chi connectivity index (χ1n) is 9.82. The van der Waals surface area contributed by atoms with Crippen LogP contribution in [0.25, 0.3) is 16.6 Å². The van der Waals surface area contributed by atoms with Crippen molar-refractivity contribution >= 4 is 16.9 Å². The summed E-state index contributed by atoms with van der Waals surface area (Å²) in [7, 11) is 1.32. The standard InChI is InChI=1S/C24H18F2N2O5/c1-31-21-12-15(6-11-20(21)33-24(25)26)13-32-23(30)16-7-9-17(10-8-16)28-14-27-19-5-3-2-4-18(19)22(28)29/h2-12,14,24H,13H2,1H3. The average molecular weight is 452 g/mol. The fourth-order valence-electron chi connectivity index (χ4n) is 3.24. The maximum Gasteiger partial charge on any atom is 0.387 e. The highest BCUT2D eigenvalue weighted by atomic mass is 19.3. The van der Waals surface area contributed by atoms with E-state index >= 15 is 0 Å².